The zero-order valence-corrected chi connectivity index (χ0v) is 21.1. The second kappa shape index (κ2) is 10.2. The minimum Gasteiger partial charge on any atom is -0.657 e. The molecule has 0 N–H and O–H groups in total. The Labute approximate surface area is 220 Å². The molecule has 6 aromatic rings. The maximum absolute atomic E-state index is 4.67. The summed E-state index contributed by atoms with van der Waals surface area (Å²) in [5.41, 5.74) is 4.51. The fourth-order valence-electron chi connectivity index (χ4n) is 4.41. The van der Waals surface area contributed by atoms with Crippen molar-refractivity contribution < 1.29 is 22.4 Å². The summed E-state index contributed by atoms with van der Waals surface area (Å²) in [6.07, 6.45) is 4.12. The van der Waals surface area contributed by atoms with E-state index < -0.39 is 0 Å². The van der Waals surface area contributed by atoms with Gasteiger partial charge in [0.05, 0.1) is 0 Å². The maximum atomic E-state index is 4.67. The number of para-hydroxylation sites is 3. The van der Waals surface area contributed by atoms with Crippen LogP contribution >= 0.6 is 0 Å². The van der Waals surface area contributed by atoms with Crippen LogP contribution in [0.4, 0.5) is 11.4 Å². The fraction of sp³-hybridized carbons (Fsp3) is 0. The van der Waals surface area contributed by atoms with Gasteiger partial charge in [0.25, 0.3) is 0 Å². The molecule has 2 heterocycles. The van der Waals surface area contributed by atoms with Crippen LogP contribution < -0.4 is 14.8 Å². The molecular weight excluding hydrogens is 611 g/mol. The van der Waals surface area contributed by atoms with Crippen LogP contribution in [0.1, 0.15) is 0 Å². The van der Waals surface area contributed by atoms with Gasteiger partial charge in [0.1, 0.15) is 0 Å². The van der Waals surface area contributed by atoms with Crippen molar-refractivity contribution in [3.05, 3.63) is 140 Å². The van der Waals surface area contributed by atoms with E-state index in [0.717, 1.165) is 11.0 Å². The first-order valence-corrected chi connectivity index (χ1v) is 11.4. The monoisotopic (exact) mass is 634 g/mol. The van der Waals surface area contributed by atoms with Crippen molar-refractivity contribution in [1.82, 2.24) is 4.98 Å². The van der Waals surface area contributed by atoms with E-state index >= 15 is 0 Å². The van der Waals surface area contributed by atoms with Crippen molar-refractivity contribution in [3.8, 4) is 0 Å². The second-order valence-corrected chi connectivity index (χ2v) is 8.21. The van der Waals surface area contributed by atoms with E-state index in [4.69, 9.17) is 0 Å². The Balaban J connectivity index is 0.000000141. The Hall–Kier alpha value is -3.76. The maximum Gasteiger partial charge on any atom is 0.0124 e. The number of hydrogen-bond donors (Lipinski definition) is 0. The quantitative estimate of drug-likeness (QED) is 0.144. The van der Waals surface area contributed by atoms with Crippen LogP contribution in [-0.4, -0.2) is 0 Å². The van der Waals surface area contributed by atoms with Crippen molar-refractivity contribution >= 4 is 44.0 Å². The molecule has 0 saturated carbocycles. The molecule has 3 nitrogen and oxygen atoms in total. The topological polar surface area (TPSA) is 20.6 Å². The first kappa shape index (κ1) is 23.0. The first-order chi connectivity index (χ1) is 16.9. The normalized spacial score (nSPS) is 12.6. The van der Waals surface area contributed by atoms with Gasteiger partial charge in [-0.1, -0.05) is 97.1 Å². The van der Waals surface area contributed by atoms with Gasteiger partial charge in [-0.05, 0) is 58.2 Å². The Kier molecular flexibility index (Phi) is 6.73. The Morgan fingerprint density at radius 2 is 1.03 bits per heavy atom. The third-order valence-corrected chi connectivity index (χ3v) is 6.07. The molecular formula is C31H23AuN3-2. The Morgan fingerprint density at radius 1 is 0.486 bits per heavy atom. The standard InChI is InChI=1S/C16H10N.C15H13N2.Au/c1-2-6-12-11(5-1)9-10-15-16(12)13-7-3-4-8-14(13)17-15;1-3-7-14(8-4-1)16-11-12-17(13-16)15-9-5-2-6-10-15;/h1-10H;1-13H;/q2*-1;. The molecule has 5 aromatic carbocycles. The number of nitrogens with zero attached hydrogens (tertiary/aromatic N) is 3. The van der Waals surface area contributed by atoms with E-state index in [1.165, 1.54) is 32.9 Å². The number of anilines is 2. The minimum absolute atomic E-state index is 0. The first-order valence-electron chi connectivity index (χ1n) is 11.4. The number of benzene rings is 5. The van der Waals surface area contributed by atoms with Gasteiger partial charge in [0.2, 0.25) is 0 Å². The molecule has 0 amide bonds. The molecule has 1 radical (unpaired) electrons. The van der Waals surface area contributed by atoms with Gasteiger partial charge in [0.15, 0.2) is 0 Å². The molecule has 4 heteroatoms. The van der Waals surface area contributed by atoms with Crippen LogP contribution in [0.5, 0.6) is 0 Å². The van der Waals surface area contributed by atoms with E-state index in [2.05, 4.69) is 113 Å². The van der Waals surface area contributed by atoms with E-state index in [0.29, 0.717) is 0 Å². The largest absolute Gasteiger partial charge is 0.657 e. The van der Waals surface area contributed by atoms with Crippen LogP contribution in [0.3, 0.4) is 0 Å². The predicted octanol–water partition coefficient (Wildman–Crippen LogP) is 7.70. The molecule has 0 unspecified atom stereocenters. The van der Waals surface area contributed by atoms with Gasteiger partial charge in [-0.3, -0.25) is 0 Å². The SMILES string of the molecule is C1=CN(c2ccccc2)[CH-]N1c1ccccc1.[Au].c1ccc2c(c1)ccc1[n-]c3ccccc3c12. The smallest absolute Gasteiger partial charge is 0.0124 e. The summed E-state index contributed by atoms with van der Waals surface area (Å²) in [6, 6.07) is 41.7. The average Bonchev–Trinajstić information content (AvgIpc) is 3.56. The van der Waals surface area contributed by atoms with Crippen molar-refractivity contribution in [1.29, 1.82) is 0 Å². The Bertz CT molecular complexity index is 1540. The number of hydrogen-bond acceptors (Lipinski definition) is 2. The van der Waals surface area contributed by atoms with E-state index in [1.807, 2.05) is 42.5 Å². The Morgan fingerprint density at radius 3 is 1.69 bits per heavy atom. The molecule has 0 saturated heterocycles. The molecule has 35 heavy (non-hydrogen) atoms. The fourth-order valence-corrected chi connectivity index (χ4v) is 4.41. The van der Waals surface area contributed by atoms with Crippen molar-refractivity contribution in [2.24, 2.45) is 0 Å². The van der Waals surface area contributed by atoms with Crippen LogP contribution in [-0.2, 0) is 22.4 Å². The van der Waals surface area contributed by atoms with Gasteiger partial charge in [-0.25, -0.2) is 0 Å². The second-order valence-electron chi connectivity index (χ2n) is 8.21. The summed E-state index contributed by atoms with van der Waals surface area (Å²) in [7, 11) is 0. The van der Waals surface area contributed by atoms with E-state index in [-0.39, 0.29) is 22.4 Å². The molecule has 1 aliphatic rings. The summed E-state index contributed by atoms with van der Waals surface area (Å²) in [5, 5.41) is 5.09. The molecule has 0 fully saturated rings. The van der Waals surface area contributed by atoms with Crippen molar-refractivity contribution in [2.45, 2.75) is 0 Å². The van der Waals surface area contributed by atoms with Gasteiger partial charge in [0, 0.05) is 33.8 Å². The van der Waals surface area contributed by atoms with E-state index in [9.17, 15) is 0 Å². The zero-order chi connectivity index (χ0) is 22.7. The molecule has 1 aromatic heterocycles. The van der Waals surface area contributed by atoms with E-state index in [1.54, 1.807) is 0 Å². The molecule has 175 valence electrons. The summed E-state index contributed by atoms with van der Waals surface area (Å²) >= 11 is 0. The third kappa shape index (κ3) is 4.62. The zero-order valence-electron chi connectivity index (χ0n) is 18.9. The van der Waals surface area contributed by atoms with Crippen molar-refractivity contribution in [2.75, 3.05) is 9.80 Å². The minimum atomic E-state index is 0. The third-order valence-electron chi connectivity index (χ3n) is 6.07. The molecule has 1 aliphatic heterocycles. The molecule has 0 atom stereocenters. The van der Waals surface area contributed by atoms with Gasteiger partial charge < -0.3 is 14.8 Å². The molecule has 0 bridgehead atoms. The van der Waals surface area contributed by atoms with Crippen LogP contribution in [0, 0.1) is 6.67 Å². The van der Waals surface area contributed by atoms with Gasteiger partial charge in [-0.2, -0.15) is 0 Å². The van der Waals surface area contributed by atoms with Crippen LogP contribution in [0.2, 0.25) is 0 Å². The summed E-state index contributed by atoms with van der Waals surface area (Å²) < 4.78 is 0. The number of rotatable bonds is 2. The van der Waals surface area contributed by atoms with Gasteiger partial charge >= 0.3 is 0 Å². The van der Waals surface area contributed by atoms with Crippen LogP contribution in [0.15, 0.2) is 134 Å². The number of fused-ring (bicyclic) bond motifs is 5. The predicted molar refractivity (Wildman–Crippen MR) is 144 cm³/mol. The number of aromatic nitrogens is 1. The molecule has 0 spiro atoms. The van der Waals surface area contributed by atoms with Gasteiger partial charge in [-0.15, -0.1) is 17.7 Å². The summed E-state index contributed by atoms with van der Waals surface area (Å²) in [4.78, 5) is 8.87. The summed E-state index contributed by atoms with van der Waals surface area (Å²) in [5.74, 6) is 0. The molecule has 7 rings (SSSR count). The van der Waals surface area contributed by atoms with Crippen LogP contribution in [0.25, 0.3) is 32.6 Å². The molecule has 0 aliphatic carbocycles. The average molecular weight is 635 g/mol. The van der Waals surface area contributed by atoms with Crippen molar-refractivity contribution in [3.63, 3.8) is 0 Å². The summed E-state index contributed by atoms with van der Waals surface area (Å²) in [6.45, 7) is 2.07.